The molecule has 1 aliphatic rings. The third-order valence-electron chi connectivity index (χ3n) is 5.47. The van der Waals surface area contributed by atoms with Gasteiger partial charge >= 0.3 is 0 Å². The van der Waals surface area contributed by atoms with Crippen molar-refractivity contribution in [3.05, 3.63) is 83.5 Å². The van der Waals surface area contributed by atoms with E-state index < -0.39 is 0 Å². The molecule has 0 amide bonds. The fourth-order valence-electron chi connectivity index (χ4n) is 3.79. The second kappa shape index (κ2) is 7.84. The van der Waals surface area contributed by atoms with Crippen molar-refractivity contribution in [3.8, 4) is 0 Å². The van der Waals surface area contributed by atoms with E-state index in [2.05, 4.69) is 40.0 Å². The van der Waals surface area contributed by atoms with Crippen LogP contribution < -0.4 is 4.90 Å². The van der Waals surface area contributed by atoms with Crippen LogP contribution in [0.15, 0.2) is 55.1 Å². The lowest BCUT2D eigenvalue weighted by Crippen LogP contribution is -2.51. The molecular formula is C23H24N6O. The molecule has 1 fully saturated rings. The summed E-state index contributed by atoms with van der Waals surface area (Å²) >= 11 is 0. The first-order valence-corrected chi connectivity index (χ1v) is 10.3. The van der Waals surface area contributed by atoms with E-state index in [0.717, 1.165) is 40.7 Å². The van der Waals surface area contributed by atoms with Gasteiger partial charge in [-0.1, -0.05) is 6.92 Å². The molecule has 0 aliphatic carbocycles. The van der Waals surface area contributed by atoms with E-state index in [-0.39, 0.29) is 6.10 Å². The summed E-state index contributed by atoms with van der Waals surface area (Å²) in [5.74, 6) is 1.63. The molecule has 4 aromatic heterocycles. The SMILES string of the molecule is CCc1ccnc(Cc2nc(Cc3ccn4ccnc4c3)cc(N3CC(O)C3)n2)c1. The Hall–Kier alpha value is -3.32. The maximum absolute atomic E-state index is 9.72. The molecular weight excluding hydrogens is 376 g/mol. The minimum Gasteiger partial charge on any atom is -0.389 e. The van der Waals surface area contributed by atoms with E-state index in [1.807, 2.05) is 35.1 Å². The van der Waals surface area contributed by atoms with Crippen molar-refractivity contribution in [2.75, 3.05) is 18.0 Å². The largest absolute Gasteiger partial charge is 0.389 e. The van der Waals surface area contributed by atoms with Crippen molar-refractivity contribution < 1.29 is 5.11 Å². The molecule has 7 nitrogen and oxygen atoms in total. The lowest BCUT2D eigenvalue weighted by Gasteiger charge is -2.37. The molecule has 0 aromatic carbocycles. The van der Waals surface area contributed by atoms with Crippen LogP contribution in [0.2, 0.25) is 0 Å². The minimum absolute atomic E-state index is 0.280. The van der Waals surface area contributed by atoms with Gasteiger partial charge in [-0.2, -0.15) is 0 Å². The molecule has 0 atom stereocenters. The molecule has 0 saturated carbocycles. The van der Waals surface area contributed by atoms with Gasteiger partial charge in [-0.3, -0.25) is 4.98 Å². The Morgan fingerprint density at radius 2 is 1.83 bits per heavy atom. The number of nitrogens with zero attached hydrogens (tertiary/aromatic N) is 6. The van der Waals surface area contributed by atoms with Crippen LogP contribution in [-0.4, -0.2) is 48.6 Å². The average molecular weight is 400 g/mol. The first-order valence-electron chi connectivity index (χ1n) is 10.3. The molecule has 0 radical (unpaired) electrons. The topological polar surface area (TPSA) is 79.4 Å². The standard InChI is InChI=1S/C23H24N6O/c1-2-16-3-5-24-18(9-16)12-21-26-19(13-23(27-21)29-14-20(30)15-29)10-17-4-7-28-8-6-25-22(28)11-17/h3-9,11,13,20,30H,2,10,12,14-15H2,1H3. The number of aliphatic hydroxyl groups is 1. The number of β-amino-alcohol motifs (C(OH)–C–C–N with tert-alkyl or cyclic N) is 1. The molecule has 1 saturated heterocycles. The van der Waals surface area contributed by atoms with Gasteiger partial charge in [0.15, 0.2) is 0 Å². The Morgan fingerprint density at radius 3 is 2.67 bits per heavy atom. The van der Waals surface area contributed by atoms with Gasteiger partial charge < -0.3 is 14.4 Å². The second-order valence-corrected chi connectivity index (χ2v) is 7.78. The zero-order valence-electron chi connectivity index (χ0n) is 16.9. The van der Waals surface area contributed by atoms with E-state index in [0.29, 0.717) is 25.9 Å². The first kappa shape index (κ1) is 18.7. The summed E-state index contributed by atoms with van der Waals surface area (Å²) in [6.07, 6.45) is 9.59. The molecule has 1 N–H and O–H groups in total. The molecule has 1 aliphatic heterocycles. The fraction of sp³-hybridized carbons (Fsp3) is 0.304. The summed E-state index contributed by atoms with van der Waals surface area (Å²) in [4.78, 5) is 20.6. The Labute approximate surface area is 175 Å². The van der Waals surface area contributed by atoms with Crippen molar-refractivity contribution in [2.45, 2.75) is 32.3 Å². The van der Waals surface area contributed by atoms with Crippen LogP contribution in [-0.2, 0) is 19.3 Å². The van der Waals surface area contributed by atoms with Gasteiger partial charge in [0.25, 0.3) is 0 Å². The number of hydrogen-bond acceptors (Lipinski definition) is 6. The maximum atomic E-state index is 9.72. The normalized spacial score (nSPS) is 14.3. The third-order valence-corrected chi connectivity index (χ3v) is 5.47. The number of aryl methyl sites for hydroxylation is 1. The highest BCUT2D eigenvalue weighted by Gasteiger charge is 2.26. The van der Waals surface area contributed by atoms with Crippen molar-refractivity contribution in [1.82, 2.24) is 24.3 Å². The average Bonchev–Trinajstić information content (AvgIpc) is 3.19. The van der Waals surface area contributed by atoms with Crippen LogP contribution in [0.5, 0.6) is 0 Å². The predicted octanol–water partition coefficient (Wildman–Crippen LogP) is 2.44. The van der Waals surface area contributed by atoms with Gasteiger partial charge in [0.1, 0.15) is 17.3 Å². The van der Waals surface area contributed by atoms with Gasteiger partial charge in [-0.25, -0.2) is 15.0 Å². The fourth-order valence-corrected chi connectivity index (χ4v) is 3.79. The maximum Gasteiger partial charge on any atom is 0.136 e. The number of hydrogen-bond donors (Lipinski definition) is 1. The Bertz CT molecular complexity index is 1180. The van der Waals surface area contributed by atoms with Crippen LogP contribution in [0.4, 0.5) is 5.82 Å². The smallest absolute Gasteiger partial charge is 0.136 e. The van der Waals surface area contributed by atoms with Crippen LogP contribution in [0.1, 0.15) is 35.3 Å². The van der Waals surface area contributed by atoms with Crippen molar-refractivity contribution >= 4 is 11.5 Å². The highest BCUT2D eigenvalue weighted by atomic mass is 16.3. The second-order valence-electron chi connectivity index (χ2n) is 7.78. The molecule has 0 bridgehead atoms. The highest BCUT2D eigenvalue weighted by molar-refractivity contribution is 5.46. The molecule has 0 spiro atoms. The van der Waals surface area contributed by atoms with Gasteiger partial charge in [0.05, 0.1) is 18.2 Å². The van der Waals surface area contributed by atoms with Gasteiger partial charge in [-0.05, 0) is 41.8 Å². The zero-order valence-corrected chi connectivity index (χ0v) is 16.9. The number of pyridine rings is 2. The van der Waals surface area contributed by atoms with Crippen molar-refractivity contribution in [2.24, 2.45) is 0 Å². The number of aliphatic hydroxyl groups excluding tert-OH is 1. The Morgan fingerprint density at radius 1 is 0.933 bits per heavy atom. The number of fused-ring (bicyclic) bond motifs is 1. The van der Waals surface area contributed by atoms with Crippen LogP contribution >= 0.6 is 0 Å². The number of aromatic nitrogens is 5. The summed E-state index contributed by atoms with van der Waals surface area (Å²) in [7, 11) is 0. The molecule has 152 valence electrons. The number of anilines is 1. The van der Waals surface area contributed by atoms with Gasteiger partial charge in [-0.15, -0.1) is 0 Å². The van der Waals surface area contributed by atoms with E-state index in [1.54, 1.807) is 6.20 Å². The summed E-state index contributed by atoms with van der Waals surface area (Å²) in [5, 5.41) is 9.72. The molecule has 4 aromatic rings. The number of rotatable bonds is 6. The van der Waals surface area contributed by atoms with Crippen LogP contribution in [0.25, 0.3) is 5.65 Å². The van der Waals surface area contributed by atoms with E-state index in [9.17, 15) is 5.11 Å². The predicted molar refractivity (Wildman–Crippen MR) is 115 cm³/mol. The quantitative estimate of drug-likeness (QED) is 0.536. The monoisotopic (exact) mass is 400 g/mol. The summed E-state index contributed by atoms with van der Waals surface area (Å²) < 4.78 is 1.99. The van der Waals surface area contributed by atoms with Gasteiger partial charge in [0, 0.05) is 56.1 Å². The van der Waals surface area contributed by atoms with Crippen molar-refractivity contribution in [1.29, 1.82) is 0 Å². The lowest BCUT2D eigenvalue weighted by atomic mass is 10.1. The third kappa shape index (κ3) is 3.89. The Balaban J connectivity index is 1.46. The molecule has 0 unspecified atom stereocenters. The summed E-state index contributed by atoms with van der Waals surface area (Å²) in [6, 6.07) is 10.4. The first-order chi connectivity index (χ1) is 14.7. The Kier molecular flexibility index (Phi) is 4.88. The zero-order chi connectivity index (χ0) is 20.5. The molecule has 5 rings (SSSR count). The van der Waals surface area contributed by atoms with Crippen molar-refractivity contribution in [3.63, 3.8) is 0 Å². The summed E-state index contributed by atoms with van der Waals surface area (Å²) in [6.45, 7) is 3.36. The molecule has 5 heterocycles. The highest BCUT2D eigenvalue weighted by Crippen LogP contribution is 2.22. The number of imidazole rings is 1. The minimum atomic E-state index is -0.280. The van der Waals surface area contributed by atoms with E-state index in [4.69, 9.17) is 9.97 Å². The lowest BCUT2D eigenvalue weighted by molar-refractivity contribution is 0.141. The van der Waals surface area contributed by atoms with E-state index in [1.165, 1.54) is 5.56 Å². The molecule has 7 heteroatoms. The van der Waals surface area contributed by atoms with Gasteiger partial charge in [0.2, 0.25) is 0 Å². The van der Waals surface area contributed by atoms with Crippen LogP contribution in [0.3, 0.4) is 0 Å². The molecule has 30 heavy (non-hydrogen) atoms. The van der Waals surface area contributed by atoms with Crippen LogP contribution in [0, 0.1) is 0 Å². The van der Waals surface area contributed by atoms with E-state index >= 15 is 0 Å². The summed E-state index contributed by atoms with van der Waals surface area (Å²) in [5.41, 5.74) is 5.27.